The van der Waals surface area contributed by atoms with Crippen LogP contribution in [0.15, 0.2) is 40.9 Å². The van der Waals surface area contributed by atoms with Gasteiger partial charge in [0.05, 0.1) is 6.20 Å². The minimum Gasteiger partial charge on any atom is -0.439 e. The highest BCUT2D eigenvalue weighted by Crippen LogP contribution is 2.20. The first kappa shape index (κ1) is 11.6. The standard InChI is InChI=1S/C14H14N4O/c1-10-16-11(2)18(17-10)9-14-15-8-13(19-14)12-6-4-3-5-7-12/h3-8H,9H2,1-2H3. The number of hydrogen-bond donors (Lipinski definition) is 0. The molecule has 0 saturated carbocycles. The molecule has 1 aromatic carbocycles. The van der Waals surface area contributed by atoms with E-state index in [0.29, 0.717) is 12.4 Å². The van der Waals surface area contributed by atoms with Gasteiger partial charge in [-0.25, -0.2) is 14.6 Å². The van der Waals surface area contributed by atoms with Crippen molar-refractivity contribution >= 4 is 0 Å². The monoisotopic (exact) mass is 254 g/mol. The summed E-state index contributed by atoms with van der Waals surface area (Å²) in [7, 11) is 0. The molecule has 0 bridgehead atoms. The van der Waals surface area contributed by atoms with Crippen molar-refractivity contribution < 1.29 is 4.42 Å². The largest absolute Gasteiger partial charge is 0.439 e. The lowest BCUT2D eigenvalue weighted by Crippen LogP contribution is -2.04. The molecule has 2 aromatic heterocycles. The minimum absolute atomic E-state index is 0.500. The fourth-order valence-corrected chi connectivity index (χ4v) is 1.96. The van der Waals surface area contributed by atoms with Gasteiger partial charge in [0.1, 0.15) is 18.2 Å². The van der Waals surface area contributed by atoms with Gasteiger partial charge in [-0.2, -0.15) is 5.10 Å². The Bertz CT molecular complexity index is 685. The van der Waals surface area contributed by atoms with Gasteiger partial charge in [0.15, 0.2) is 5.76 Å². The number of aryl methyl sites for hydroxylation is 2. The molecule has 3 aromatic rings. The predicted octanol–water partition coefficient (Wildman–Crippen LogP) is 2.60. The summed E-state index contributed by atoms with van der Waals surface area (Å²) >= 11 is 0. The van der Waals surface area contributed by atoms with Crippen LogP contribution in [0.3, 0.4) is 0 Å². The Balaban J connectivity index is 1.84. The average molecular weight is 254 g/mol. The Hall–Kier alpha value is -2.43. The highest BCUT2D eigenvalue weighted by molar-refractivity contribution is 5.55. The third-order valence-corrected chi connectivity index (χ3v) is 2.86. The smallest absolute Gasteiger partial charge is 0.216 e. The number of nitrogens with zero attached hydrogens (tertiary/aromatic N) is 4. The molecule has 0 atom stereocenters. The summed E-state index contributed by atoms with van der Waals surface area (Å²) in [5.41, 5.74) is 1.02. The molecule has 0 fully saturated rings. The molecule has 2 heterocycles. The fourth-order valence-electron chi connectivity index (χ4n) is 1.96. The van der Waals surface area contributed by atoms with Crippen LogP contribution in [0.4, 0.5) is 0 Å². The Labute approximate surface area is 110 Å². The zero-order valence-electron chi connectivity index (χ0n) is 10.9. The molecule has 0 N–H and O–H groups in total. The second kappa shape index (κ2) is 4.68. The van der Waals surface area contributed by atoms with Gasteiger partial charge in [-0.05, 0) is 13.8 Å². The first-order valence-electron chi connectivity index (χ1n) is 6.10. The van der Waals surface area contributed by atoms with E-state index in [2.05, 4.69) is 15.1 Å². The Morgan fingerprint density at radius 3 is 2.63 bits per heavy atom. The Morgan fingerprint density at radius 2 is 1.95 bits per heavy atom. The van der Waals surface area contributed by atoms with Crippen LogP contribution >= 0.6 is 0 Å². The summed E-state index contributed by atoms with van der Waals surface area (Å²) in [4.78, 5) is 8.54. The second-order valence-electron chi connectivity index (χ2n) is 4.35. The molecule has 0 unspecified atom stereocenters. The van der Waals surface area contributed by atoms with E-state index in [4.69, 9.17) is 4.42 Å². The maximum Gasteiger partial charge on any atom is 0.216 e. The molecular weight excluding hydrogens is 240 g/mol. The number of aromatic nitrogens is 4. The zero-order chi connectivity index (χ0) is 13.2. The molecule has 0 aliphatic carbocycles. The molecule has 0 spiro atoms. The van der Waals surface area contributed by atoms with Crippen molar-refractivity contribution in [2.45, 2.75) is 20.4 Å². The van der Waals surface area contributed by atoms with Crippen LogP contribution in [0, 0.1) is 13.8 Å². The van der Waals surface area contributed by atoms with Crippen molar-refractivity contribution in [3.63, 3.8) is 0 Å². The van der Waals surface area contributed by atoms with Crippen LogP contribution in [0.1, 0.15) is 17.5 Å². The van der Waals surface area contributed by atoms with Crippen LogP contribution in [-0.2, 0) is 6.54 Å². The molecule has 0 saturated heterocycles. The van der Waals surface area contributed by atoms with Gasteiger partial charge in [-0.15, -0.1) is 0 Å². The zero-order valence-corrected chi connectivity index (χ0v) is 10.9. The molecule has 5 heteroatoms. The number of hydrogen-bond acceptors (Lipinski definition) is 4. The third-order valence-electron chi connectivity index (χ3n) is 2.86. The predicted molar refractivity (Wildman–Crippen MR) is 70.5 cm³/mol. The van der Waals surface area contributed by atoms with Crippen LogP contribution in [0.5, 0.6) is 0 Å². The van der Waals surface area contributed by atoms with E-state index in [9.17, 15) is 0 Å². The van der Waals surface area contributed by atoms with Crippen molar-refractivity contribution in [1.82, 2.24) is 19.7 Å². The van der Waals surface area contributed by atoms with Crippen molar-refractivity contribution in [1.29, 1.82) is 0 Å². The summed E-state index contributed by atoms with van der Waals surface area (Å²) in [6.07, 6.45) is 1.74. The fraction of sp³-hybridized carbons (Fsp3) is 0.214. The summed E-state index contributed by atoms with van der Waals surface area (Å²) in [5.74, 6) is 3.02. The molecule has 19 heavy (non-hydrogen) atoms. The molecule has 0 aliphatic heterocycles. The van der Waals surface area contributed by atoms with Gasteiger partial charge in [-0.1, -0.05) is 30.3 Å². The SMILES string of the molecule is Cc1nc(C)n(Cc2ncc(-c3ccccc3)o2)n1. The lowest BCUT2D eigenvalue weighted by molar-refractivity contribution is 0.469. The highest BCUT2D eigenvalue weighted by atomic mass is 16.4. The van der Waals surface area contributed by atoms with Crippen molar-refractivity contribution in [3.8, 4) is 11.3 Å². The molecule has 0 radical (unpaired) electrons. The maximum absolute atomic E-state index is 5.74. The molecule has 0 amide bonds. The van der Waals surface area contributed by atoms with Gasteiger partial charge >= 0.3 is 0 Å². The number of rotatable bonds is 3. The van der Waals surface area contributed by atoms with Gasteiger partial charge < -0.3 is 4.42 Å². The number of oxazole rings is 1. The van der Waals surface area contributed by atoms with E-state index in [0.717, 1.165) is 23.0 Å². The van der Waals surface area contributed by atoms with E-state index < -0.39 is 0 Å². The highest BCUT2D eigenvalue weighted by Gasteiger charge is 2.09. The van der Waals surface area contributed by atoms with Crippen molar-refractivity contribution in [2.24, 2.45) is 0 Å². The Kier molecular flexibility index (Phi) is 2.87. The average Bonchev–Trinajstić information content (AvgIpc) is 2.99. The van der Waals surface area contributed by atoms with Gasteiger partial charge in [0.2, 0.25) is 5.89 Å². The van der Waals surface area contributed by atoms with Crippen LogP contribution in [0.2, 0.25) is 0 Å². The lowest BCUT2D eigenvalue weighted by Gasteiger charge is -1.98. The van der Waals surface area contributed by atoms with Crippen LogP contribution in [-0.4, -0.2) is 19.7 Å². The van der Waals surface area contributed by atoms with Gasteiger partial charge in [0, 0.05) is 5.56 Å². The molecule has 96 valence electrons. The summed E-state index contributed by atoms with van der Waals surface area (Å²) in [6.45, 7) is 4.29. The third kappa shape index (κ3) is 2.40. The lowest BCUT2D eigenvalue weighted by atomic mass is 10.2. The van der Waals surface area contributed by atoms with Gasteiger partial charge in [0.25, 0.3) is 0 Å². The first-order valence-corrected chi connectivity index (χ1v) is 6.10. The van der Waals surface area contributed by atoms with Crippen molar-refractivity contribution in [3.05, 3.63) is 54.1 Å². The quantitative estimate of drug-likeness (QED) is 0.721. The first-order chi connectivity index (χ1) is 9.22. The minimum atomic E-state index is 0.500. The molecular formula is C14H14N4O. The van der Waals surface area contributed by atoms with Crippen LogP contribution in [0.25, 0.3) is 11.3 Å². The molecule has 0 aliphatic rings. The number of benzene rings is 1. The van der Waals surface area contributed by atoms with E-state index in [1.807, 2.05) is 44.2 Å². The van der Waals surface area contributed by atoms with Gasteiger partial charge in [-0.3, -0.25) is 0 Å². The molecule has 3 rings (SSSR count). The van der Waals surface area contributed by atoms with E-state index >= 15 is 0 Å². The Morgan fingerprint density at radius 1 is 1.16 bits per heavy atom. The second-order valence-corrected chi connectivity index (χ2v) is 4.35. The van der Waals surface area contributed by atoms with E-state index in [-0.39, 0.29) is 0 Å². The topological polar surface area (TPSA) is 56.7 Å². The van der Waals surface area contributed by atoms with E-state index in [1.165, 1.54) is 0 Å². The van der Waals surface area contributed by atoms with Crippen molar-refractivity contribution in [2.75, 3.05) is 0 Å². The normalized spacial score (nSPS) is 10.8. The summed E-state index contributed by atoms with van der Waals surface area (Å²) in [6, 6.07) is 9.91. The summed E-state index contributed by atoms with van der Waals surface area (Å²) in [5, 5.41) is 4.29. The maximum atomic E-state index is 5.74. The van der Waals surface area contributed by atoms with Crippen LogP contribution < -0.4 is 0 Å². The molecule has 5 nitrogen and oxygen atoms in total. The van der Waals surface area contributed by atoms with E-state index in [1.54, 1.807) is 10.9 Å². The summed E-state index contributed by atoms with van der Waals surface area (Å²) < 4.78 is 7.53.